The number of halogens is 4. The third-order valence-corrected chi connectivity index (χ3v) is 3.87. The average molecular weight is 473 g/mol. The van der Waals surface area contributed by atoms with E-state index in [1.54, 1.807) is 0 Å². The standard InChI is InChI=1S/C16H15BrN4O.C2HF3O2/c17-12-7-4-8-13(10-12)19-16-21-20-15(22-16)14(18)9-11-5-2-1-3-6-11;3-2(4,5)1(6)7/h1-8,10,14H,9,18H2,(H,19,21);(H,6,7)/t14-;/m0./s1. The number of hydrogen-bond acceptors (Lipinski definition) is 6. The zero-order valence-electron chi connectivity index (χ0n) is 14.7. The molecule has 3 aromatic rings. The molecule has 29 heavy (non-hydrogen) atoms. The highest BCUT2D eigenvalue weighted by Gasteiger charge is 2.38. The van der Waals surface area contributed by atoms with Crippen molar-refractivity contribution in [1.29, 1.82) is 0 Å². The number of carboxylic acid groups (broad SMARTS) is 1. The predicted octanol–water partition coefficient (Wildman–Crippen LogP) is 4.45. The Morgan fingerprint density at radius 2 is 1.83 bits per heavy atom. The molecule has 3 rings (SSSR count). The van der Waals surface area contributed by atoms with E-state index in [0.29, 0.717) is 18.3 Å². The van der Waals surface area contributed by atoms with Crippen LogP contribution in [0.5, 0.6) is 0 Å². The lowest BCUT2D eigenvalue weighted by Crippen LogP contribution is -2.21. The maximum atomic E-state index is 10.6. The maximum absolute atomic E-state index is 10.6. The molecule has 0 aliphatic heterocycles. The number of rotatable bonds is 5. The Morgan fingerprint density at radius 1 is 1.17 bits per heavy atom. The van der Waals surface area contributed by atoms with Crippen LogP contribution in [0.15, 0.2) is 63.5 Å². The Balaban J connectivity index is 0.000000370. The van der Waals surface area contributed by atoms with E-state index in [1.807, 2.05) is 54.6 Å². The molecule has 0 saturated heterocycles. The first-order chi connectivity index (χ1) is 13.6. The molecule has 0 radical (unpaired) electrons. The highest BCUT2D eigenvalue weighted by molar-refractivity contribution is 9.10. The lowest BCUT2D eigenvalue weighted by Gasteiger charge is -2.06. The zero-order chi connectivity index (χ0) is 21.4. The first-order valence-electron chi connectivity index (χ1n) is 8.10. The van der Waals surface area contributed by atoms with Gasteiger partial charge in [0.1, 0.15) is 0 Å². The summed E-state index contributed by atoms with van der Waals surface area (Å²) >= 11 is 3.41. The van der Waals surface area contributed by atoms with Gasteiger partial charge in [-0.2, -0.15) is 13.2 Å². The van der Waals surface area contributed by atoms with Gasteiger partial charge in [0.25, 0.3) is 0 Å². The Kier molecular flexibility index (Phi) is 7.74. The summed E-state index contributed by atoms with van der Waals surface area (Å²) in [6.07, 6.45) is -4.43. The van der Waals surface area contributed by atoms with Crippen molar-refractivity contribution in [3.05, 3.63) is 70.5 Å². The Morgan fingerprint density at radius 3 is 2.41 bits per heavy atom. The van der Waals surface area contributed by atoms with Crippen LogP contribution in [0.1, 0.15) is 17.5 Å². The monoisotopic (exact) mass is 472 g/mol. The highest BCUT2D eigenvalue weighted by atomic mass is 79.9. The van der Waals surface area contributed by atoms with Crippen molar-refractivity contribution in [2.24, 2.45) is 5.73 Å². The molecule has 4 N–H and O–H groups in total. The number of nitrogens with one attached hydrogen (secondary N) is 1. The molecule has 1 atom stereocenters. The first-order valence-corrected chi connectivity index (χ1v) is 8.90. The van der Waals surface area contributed by atoms with E-state index in [4.69, 9.17) is 20.1 Å². The van der Waals surface area contributed by atoms with Gasteiger partial charge in [-0.3, -0.25) is 0 Å². The van der Waals surface area contributed by atoms with Gasteiger partial charge in [-0.05, 0) is 30.2 Å². The summed E-state index contributed by atoms with van der Waals surface area (Å²) < 4.78 is 38.3. The topological polar surface area (TPSA) is 114 Å². The molecule has 0 amide bonds. The smallest absolute Gasteiger partial charge is 0.475 e. The third-order valence-electron chi connectivity index (χ3n) is 3.37. The molecule has 11 heteroatoms. The van der Waals surface area contributed by atoms with Gasteiger partial charge in [0.05, 0.1) is 6.04 Å². The number of aromatic nitrogens is 2. The van der Waals surface area contributed by atoms with E-state index in [1.165, 1.54) is 0 Å². The molecule has 154 valence electrons. The number of alkyl halides is 3. The molecule has 0 aliphatic rings. The van der Waals surface area contributed by atoms with Crippen LogP contribution in [-0.2, 0) is 11.2 Å². The van der Waals surface area contributed by atoms with Crippen LogP contribution in [-0.4, -0.2) is 27.4 Å². The molecule has 0 saturated carbocycles. The summed E-state index contributed by atoms with van der Waals surface area (Å²) in [6, 6.07) is 17.7. The fraction of sp³-hybridized carbons (Fsp3) is 0.167. The van der Waals surface area contributed by atoms with Gasteiger partial charge in [-0.1, -0.05) is 57.4 Å². The Labute approximate surface area is 171 Å². The maximum Gasteiger partial charge on any atom is 0.490 e. The SMILES string of the molecule is N[C@@H](Cc1ccccc1)c1nnc(Nc2cccc(Br)c2)o1.O=C(O)C(F)(F)F. The molecule has 1 aromatic heterocycles. The van der Waals surface area contributed by atoms with Gasteiger partial charge in [0.2, 0.25) is 5.89 Å². The van der Waals surface area contributed by atoms with E-state index in [2.05, 4.69) is 31.4 Å². The molecule has 7 nitrogen and oxygen atoms in total. The van der Waals surface area contributed by atoms with Crippen molar-refractivity contribution in [2.45, 2.75) is 18.6 Å². The zero-order valence-corrected chi connectivity index (χ0v) is 16.3. The van der Waals surface area contributed by atoms with Gasteiger partial charge >= 0.3 is 18.2 Å². The number of aliphatic carboxylic acids is 1. The van der Waals surface area contributed by atoms with Crippen molar-refractivity contribution >= 4 is 33.6 Å². The average Bonchev–Trinajstić information content (AvgIpc) is 3.11. The molecule has 2 aromatic carbocycles. The molecular formula is C18H16BrF3N4O3. The van der Waals surface area contributed by atoms with Crippen LogP contribution in [0, 0.1) is 0 Å². The van der Waals surface area contributed by atoms with Gasteiger partial charge in [-0.15, -0.1) is 5.10 Å². The lowest BCUT2D eigenvalue weighted by atomic mass is 10.1. The summed E-state index contributed by atoms with van der Waals surface area (Å²) in [7, 11) is 0. The van der Waals surface area contributed by atoms with Crippen LogP contribution in [0.25, 0.3) is 0 Å². The molecule has 0 unspecified atom stereocenters. The number of anilines is 2. The van der Waals surface area contributed by atoms with Crippen molar-refractivity contribution in [3.63, 3.8) is 0 Å². The summed E-state index contributed by atoms with van der Waals surface area (Å²) in [4.78, 5) is 8.90. The van der Waals surface area contributed by atoms with Gasteiger partial charge in [-0.25, -0.2) is 4.79 Å². The molecule has 0 aliphatic carbocycles. The minimum absolute atomic E-state index is 0.326. The van der Waals surface area contributed by atoms with Crippen LogP contribution < -0.4 is 11.1 Å². The minimum Gasteiger partial charge on any atom is -0.475 e. The van der Waals surface area contributed by atoms with Crippen molar-refractivity contribution in [3.8, 4) is 0 Å². The molecule has 0 fully saturated rings. The summed E-state index contributed by atoms with van der Waals surface area (Å²) in [5.41, 5.74) is 8.12. The summed E-state index contributed by atoms with van der Waals surface area (Å²) in [5.74, 6) is -2.34. The normalized spacial score (nSPS) is 11.9. The molecule has 1 heterocycles. The van der Waals surface area contributed by atoms with E-state index < -0.39 is 12.1 Å². The van der Waals surface area contributed by atoms with Gasteiger partial charge in [0.15, 0.2) is 0 Å². The fourth-order valence-corrected chi connectivity index (χ4v) is 2.48. The second-order valence-electron chi connectivity index (χ2n) is 5.68. The quantitative estimate of drug-likeness (QED) is 0.502. The number of carbonyl (C=O) groups is 1. The van der Waals surface area contributed by atoms with Crippen LogP contribution in [0.3, 0.4) is 0 Å². The van der Waals surface area contributed by atoms with Crippen molar-refractivity contribution in [2.75, 3.05) is 5.32 Å². The number of benzene rings is 2. The van der Waals surface area contributed by atoms with Gasteiger partial charge < -0.3 is 20.6 Å². The lowest BCUT2D eigenvalue weighted by molar-refractivity contribution is -0.192. The number of carboxylic acids is 1. The number of nitrogens with zero attached hydrogens (tertiary/aromatic N) is 2. The molecule has 0 bridgehead atoms. The van der Waals surface area contributed by atoms with Crippen molar-refractivity contribution < 1.29 is 27.5 Å². The second-order valence-corrected chi connectivity index (χ2v) is 6.60. The van der Waals surface area contributed by atoms with Crippen LogP contribution in [0.4, 0.5) is 24.9 Å². The van der Waals surface area contributed by atoms with E-state index in [-0.39, 0.29) is 6.04 Å². The fourth-order valence-electron chi connectivity index (χ4n) is 2.08. The first kappa shape index (κ1) is 22.4. The highest BCUT2D eigenvalue weighted by Crippen LogP contribution is 2.22. The second kappa shape index (κ2) is 10.0. The molecule has 0 spiro atoms. The van der Waals surface area contributed by atoms with Crippen LogP contribution in [0.2, 0.25) is 0 Å². The minimum atomic E-state index is -5.08. The van der Waals surface area contributed by atoms with E-state index in [0.717, 1.165) is 15.7 Å². The number of nitrogens with two attached hydrogens (primary N) is 1. The van der Waals surface area contributed by atoms with Crippen molar-refractivity contribution in [1.82, 2.24) is 10.2 Å². The Hall–Kier alpha value is -2.92. The summed E-state index contributed by atoms with van der Waals surface area (Å²) in [5, 5.41) is 18.2. The third kappa shape index (κ3) is 7.54. The predicted molar refractivity (Wildman–Crippen MR) is 102 cm³/mol. The Bertz CT molecular complexity index is 935. The van der Waals surface area contributed by atoms with Gasteiger partial charge in [0, 0.05) is 10.2 Å². The van der Waals surface area contributed by atoms with E-state index in [9.17, 15) is 13.2 Å². The van der Waals surface area contributed by atoms with E-state index >= 15 is 0 Å². The summed E-state index contributed by atoms with van der Waals surface area (Å²) in [6.45, 7) is 0. The molecular weight excluding hydrogens is 457 g/mol. The van der Waals surface area contributed by atoms with Crippen LogP contribution >= 0.6 is 15.9 Å². The number of hydrogen-bond donors (Lipinski definition) is 3. The largest absolute Gasteiger partial charge is 0.490 e.